The summed E-state index contributed by atoms with van der Waals surface area (Å²) in [5.74, 6) is 0. The van der Waals surface area contributed by atoms with Crippen LogP contribution in [0.25, 0.3) is 0 Å². The maximum atomic E-state index is 12.5. The fourth-order valence-electron chi connectivity index (χ4n) is 4.38. The van der Waals surface area contributed by atoms with Crippen molar-refractivity contribution >= 4 is 14.6 Å². The topological polar surface area (TPSA) is 54.0 Å². The number of aldehydes is 1. The Balaban J connectivity index is 1.78. The molecular weight excluding hydrogens is 468 g/mol. The molecule has 1 heterocycles. The number of benzene rings is 2. The number of carbonyl (C=O) groups is 1. The number of ether oxygens (including phenoxy) is 3. The molecule has 6 heteroatoms. The van der Waals surface area contributed by atoms with Crippen molar-refractivity contribution in [2.24, 2.45) is 0 Å². The first kappa shape index (κ1) is 28.7. The van der Waals surface area contributed by atoms with Crippen molar-refractivity contribution in [1.82, 2.24) is 0 Å². The van der Waals surface area contributed by atoms with Gasteiger partial charge in [0.2, 0.25) is 0 Å². The van der Waals surface area contributed by atoms with Gasteiger partial charge in [0, 0.05) is 19.4 Å². The van der Waals surface area contributed by atoms with Crippen molar-refractivity contribution < 1.29 is 23.4 Å². The maximum Gasteiger partial charge on any atom is 0.192 e. The van der Waals surface area contributed by atoms with E-state index in [9.17, 15) is 4.79 Å². The minimum atomic E-state index is -2.15. The van der Waals surface area contributed by atoms with Crippen molar-refractivity contribution in [3.05, 3.63) is 71.8 Å². The van der Waals surface area contributed by atoms with Crippen molar-refractivity contribution in [1.29, 1.82) is 0 Å². The first-order valence-corrected chi connectivity index (χ1v) is 15.9. The molecule has 0 spiro atoms. The van der Waals surface area contributed by atoms with Gasteiger partial charge in [0.25, 0.3) is 0 Å². The molecule has 0 N–H and O–H groups in total. The van der Waals surface area contributed by atoms with Crippen molar-refractivity contribution in [3.63, 3.8) is 0 Å². The van der Waals surface area contributed by atoms with E-state index in [0.29, 0.717) is 32.7 Å². The summed E-state index contributed by atoms with van der Waals surface area (Å²) in [5, 5.41) is 0.0171. The van der Waals surface area contributed by atoms with Gasteiger partial charge in [0.1, 0.15) is 5.60 Å². The summed E-state index contributed by atoms with van der Waals surface area (Å²) >= 11 is 0. The average molecular weight is 513 g/mol. The van der Waals surface area contributed by atoms with Gasteiger partial charge >= 0.3 is 0 Å². The number of hydrogen-bond donors (Lipinski definition) is 0. The fraction of sp³-hybridized carbons (Fsp3) is 0.567. The van der Waals surface area contributed by atoms with Gasteiger partial charge in [-0.25, -0.2) is 0 Å². The molecule has 5 nitrogen and oxygen atoms in total. The number of hydrogen-bond acceptors (Lipinski definition) is 5. The van der Waals surface area contributed by atoms with Crippen LogP contribution in [-0.2, 0) is 36.6 Å². The maximum absolute atomic E-state index is 12.5. The largest absolute Gasteiger partial charge is 0.410 e. The Morgan fingerprint density at radius 2 is 1.50 bits per heavy atom. The Morgan fingerprint density at radius 1 is 0.944 bits per heavy atom. The quantitative estimate of drug-likeness (QED) is 0.190. The van der Waals surface area contributed by atoms with Crippen LogP contribution in [0.3, 0.4) is 0 Å². The highest BCUT2D eigenvalue weighted by Crippen LogP contribution is 2.45. The molecule has 1 aliphatic heterocycles. The van der Waals surface area contributed by atoms with E-state index in [1.165, 1.54) is 0 Å². The zero-order chi connectivity index (χ0) is 26.5. The SMILES string of the molecule is CC(C)(C)[Si](C)(C)O[C@H]1C[C@@H](OCc2ccccc2)[C@](C)(CCOCc2ccccc2)O[C@]1(C)C=O. The van der Waals surface area contributed by atoms with Crippen LogP contribution in [0.15, 0.2) is 60.7 Å². The normalized spacial score (nSPS) is 27.1. The smallest absolute Gasteiger partial charge is 0.192 e. The highest BCUT2D eigenvalue weighted by atomic mass is 28.4. The molecule has 2 aromatic carbocycles. The highest BCUT2D eigenvalue weighted by Gasteiger charge is 2.55. The van der Waals surface area contributed by atoms with E-state index in [1.54, 1.807) is 0 Å². The second-order valence-electron chi connectivity index (χ2n) is 11.9. The van der Waals surface area contributed by atoms with Crippen LogP contribution in [0.5, 0.6) is 0 Å². The molecule has 1 aliphatic rings. The lowest BCUT2D eigenvalue weighted by atomic mass is 9.81. The van der Waals surface area contributed by atoms with E-state index in [-0.39, 0.29) is 17.2 Å². The van der Waals surface area contributed by atoms with Crippen LogP contribution in [0, 0.1) is 0 Å². The second-order valence-corrected chi connectivity index (χ2v) is 16.6. The molecule has 4 atom stereocenters. The predicted octanol–water partition coefficient (Wildman–Crippen LogP) is 6.71. The first-order valence-electron chi connectivity index (χ1n) is 13.0. The van der Waals surface area contributed by atoms with Gasteiger partial charge < -0.3 is 23.4 Å². The molecule has 0 unspecified atom stereocenters. The predicted molar refractivity (Wildman–Crippen MR) is 146 cm³/mol. The summed E-state index contributed by atoms with van der Waals surface area (Å²) in [6.07, 6.45) is 1.48. The van der Waals surface area contributed by atoms with Gasteiger partial charge in [-0.2, -0.15) is 0 Å². The van der Waals surface area contributed by atoms with E-state index in [2.05, 4.69) is 58.1 Å². The van der Waals surface area contributed by atoms with Crippen LogP contribution < -0.4 is 0 Å². The molecule has 1 saturated heterocycles. The van der Waals surface area contributed by atoms with Gasteiger partial charge in [0.05, 0.1) is 31.0 Å². The monoisotopic (exact) mass is 512 g/mol. The molecule has 0 amide bonds. The first-order chi connectivity index (χ1) is 16.9. The molecule has 3 rings (SSSR count). The molecule has 0 radical (unpaired) electrons. The zero-order valence-electron chi connectivity index (χ0n) is 23.1. The second kappa shape index (κ2) is 11.7. The molecular formula is C30H44O5Si. The molecule has 2 aromatic rings. The Bertz CT molecular complexity index is 958. The fourth-order valence-corrected chi connectivity index (χ4v) is 5.77. The van der Waals surface area contributed by atoms with Gasteiger partial charge in [-0.3, -0.25) is 0 Å². The molecule has 1 fully saturated rings. The average Bonchev–Trinajstić information content (AvgIpc) is 2.83. The van der Waals surface area contributed by atoms with Crippen LogP contribution in [0.4, 0.5) is 0 Å². The molecule has 0 aromatic heterocycles. The lowest BCUT2D eigenvalue weighted by Crippen LogP contribution is -2.64. The van der Waals surface area contributed by atoms with Gasteiger partial charge in [-0.05, 0) is 43.1 Å². The highest BCUT2D eigenvalue weighted by molar-refractivity contribution is 6.74. The van der Waals surface area contributed by atoms with Gasteiger partial charge in [-0.15, -0.1) is 0 Å². The minimum absolute atomic E-state index is 0.0171. The lowest BCUT2D eigenvalue weighted by molar-refractivity contribution is -0.262. The van der Waals surface area contributed by atoms with Gasteiger partial charge in [-0.1, -0.05) is 81.4 Å². The molecule has 0 bridgehead atoms. The molecule has 36 heavy (non-hydrogen) atoms. The Hall–Kier alpha value is -1.83. The Morgan fingerprint density at radius 3 is 2.03 bits per heavy atom. The summed E-state index contributed by atoms with van der Waals surface area (Å²) in [6, 6.07) is 20.3. The Labute approximate surface area is 218 Å². The Kier molecular flexibility index (Phi) is 9.34. The number of carbonyl (C=O) groups excluding carboxylic acids is 1. The zero-order valence-corrected chi connectivity index (χ0v) is 24.1. The van der Waals surface area contributed by atoms with Crippen LogP contribution in [0.2, 0.25) is 18.1 Å². The van der Waals surface area contributed by atoms with E-state index >= 15 is 0 Å². The van der Waals surface area contributed by atoms with E-state index < -0.39 is 19.5 Å². The van der Waals surface area contributed by atoms with Crippen molar-refractivity contribution in [2.45, 2.75) is 102 Å². The summed E-state index contributed by atoms with van der Waals surface area (Å²) in [7, 11) is -2.15. The van der Waals surface area contributed by atoms with Crippen LogP contribution >= 0.6 is 0 Å². The summed E-state index contributed by atoms with van der Waals surface area (Å²) in [5.41, 5.74) is 0.473. The number of rotatable bonds is 11. The summed E-state index contributed by atoms with van der Waals surface area (Å²) in [6.45, 7) is 16.4. The molecule has 0 aliphatic carbocycles. The van der Waals surface area contributed by atoms with Crippen molar-refractivity contribution in [3.8, 4) is 0 Å². The third kappa shape index (κ3) is 7.14. The standard InChI is InChI=1S/C30H44O5Si/c1-28(2,3)36(6,7)34-27-20-26(33-22-25-16-12-9-13-17-25)29(4,35-30(27,5)23-31)18-19-32-21-24-14-10-8-11-15-24/h8-17,23,26-27H,18-22H2,1-7H3/t26-,27+,29+,30-/m1/s1. The van der Waals surface area contributed by atoms with Gasteiger partial charge in [0.15, 0.2) is 14.6 Å². The van der Waals surface area contributed by atoms with Crippen LogP contribution in [-0.4, -0.2) is 44.6 Å². The third-order valence-corrected chi connectivity index (χ3v) is 12.3. The van der Waals surface area contributed by atoms with Crippen molar-refractivity contribution in [2.75, 3.05) is 6.61 Å². The van der Waals surface area contributed by atoms with E-state index in [4.69, 9.17) is 18.6 Å². The van der Waals surface area contributed by atoms with E-state index in [0.717, 1.165) is 17.4 Å². The lowest BCUT2D eigenvalue weighted by Gasteiger charge is -2.53. The molecule has 0 saturated carbocycles. The summed E-state index contributed by atoms with van der Waals surface area (Å²) < 4.78 is 26.0. The minimum Gasteiger partial charge on any atom is -0.410 e. The summed E-state index contributed by atoms with van der Waals surface area (Å²) in [4.78, 5) is 12.5. The van der Waals surface area contributed by atoms with E-state index in [1.807, 2.05) is 50.2 Å². The third-order valence-electron chi connectivity index (χ3n) is 7.83. The molecule has 198 valence electrons. The van der Waals surface area contributed by atoms with Crippen LogP contribution in [0.1, 0.15) is 58.6 Å².